The van der Waals surface area contributed by atoms with Crippen LogP contribution in [0.3, 0.4) is 0 Å². The third-order valence-corrected chi connectivity index (χ3v) is 3.44. The van der Waals surface area contributed by atoms with Crippen LogP contribution in [0.15, 0.2) is 48.3 Å². The Kier molecular flexibility index (Phi) is 3.27. The van der Waals surface area contributed by atoms with Crippen LogP contribution in [0.2, 0.25) is 0 Å². The van der Waals surface area contributed by atoms with E-state index in [1.54, 1.807) is 6.08 Å². The van der Waals surface area contributed by atoms with E-state index in [9.17, 15) is 4.79 Å². The Hall–Kier alpha value is -2.16. The van der Waals surface area contributed by atoms with Crippen molar-refractivity contribution in [3.05, 3.63) is 53.9 Å². The average Bonchev–Trinajstić information content (AvgIpc) is 2.85. The molecule has 0 saturated carbocycles. The van der Waals surface area contributed by atoms with Crippen molar-refractivity contribution in [1.82, 2.24) is 10.3 Å². The zero-order chi connectivity index (χ0) is 13.1. The molecule has 1 aromatic carbocycles. The number of nitrogens with zero attached hydrogens (tertiary/aromatic N) is 1. The lowest BCUT2D eigenvalue weighted by Crippen LogP contribution is -2.15. The summed E-state index contributed by atoms with van der Waals surface area (Å²) in [6.07, 6.45) is 5.98. The number of pyridine rings is 1. The van der Waals surface area contributed by atoms with Gasteiger partial charge in [0.05, 0.1) is 5.52 Å². The zero-order valence-corrected chi connectivity index (χ0v) is 10.7. The molecule has 2 aromatic rings. The maximum Gasteiger partial charge on any atom is 0.157 e. The fourth-order valence-electron chi connectivity index (χ4n) is 2.46. The zero-order valence-electron chi connectivity index (χ0n) is 10.7. The molecule has 0 bridgehead atoms. The quantitative estimate of drug-likeness (QED) is 0.909. The summed E-state index contributed by atoms with van der Waals surface area (Å²) in [5.74, 6) is 0.231. The maximum atomic E-state index is 11.1. The van der Waals surface area contributed by atoms with Gasteiger partial charge in [-0.25, -0.2) is 0 Å². The Morgan fingerprint density at radius 1 is 1.16 bits per heavy atom. The molecule has 1 aliphatic rings. The minimum Gasteiger partial charge on any atom is -0.388 e. The number of rotatable bonds is 4. The summed E-state index contributed by atoms with van der Waals surface area (Å²) in [7, 11) is 0. The second-order valence-corrected chi connectivity index (χ2v) is 4.80. The van der Waals surface area contributed by atoms with E-state index in [0.29, 0.717) is 6.42 Å². The van der Waals surface area contributed by atoms with E-state index in [4.69, 9.17) is 0 Å². The number of hydrogen-bond donors (Lipinski definition) is 1. The molecule has 0 radical (unpaired) electrons. The van der Waals surface area contributed by atoms with Gasteiger partial charge in [0.25, 0.3) is 0 Å². The van der Waals surface area contributed by atoms with Gasteiger partial charge >= 0.3 is 0 Å². The van der Waals surface area contributed by atoms with Gasteiger partial charge in [-0.1, -0.05) is 24.3 Å². The van der Waals surface area contributed by atoms with E-state index in [1.807, 2.05) is 12.3 Å². The molecule has 0 fully saturated rings. The summed E-state index contributed by atoms with van der Waals surface area (Å²) in [5, 5.41) is 4.51. The molecule has 3 rings (SSSR count). The number of carbonyl (C=O) groups excluding carboxylic acids is 1. The van der Waals surface area contributed by atoms with Crippen molar-refractivity contribution < 1.29 is 4.79 Å². The molecular weight excluding hydrogens is 236 g/mol. The maximum absolute atomic E-state index is 11.1. The third-order valence-electron chi connectivity index (χ3n) is 3.44. The molecule has 96 valence electrons. The SMILES string of the molecule is O=C1C=C(NCCc2cccc3cccnc23)CC1. The van der Waals surface area contributed by atoms with Crippen LogP contribution in [0.4, 0.5) is 0 Å². The first-order valence-electron chi connectivity index (χ1n) is 6.63. The Morgan fingerprint density at radius 3 is 2.89 bits per heavy atom. The molecule has 0 atom stereocenters. The highest BCUT2D eigenvalue weighted by molar-refractivity contribution is 5.92. The van der Waals surface area contributed by atoms with Crippen molar-refractivity contribution >= 4 is 16.7 Å². The van der Waals surface area contributed by atoms with Crippen LogP contribution in [0.25, 0.3) is 10.9 Å². The summed E-state index contributed by atoms with van der Waals surface area (Å²) in [6, 6.07) is 10.3. The van der Waals surface area contributed by atoms with Crippen molar-refractivity contribution in [3.8, 4) is 0 Å². The molecule has 3 heteroatoms. The van der Waals surface area contributed by atoms with Gasteiger partial charge in [-0.2, -0.15) is 0 Å². The average molecular weight is 252 g/mol. The van der Waals surface area contributed by atoms with Crippen LogP contribution >= 0.6 is 0 Å². The van der Waals surface area contributed by atoms with Gasteiger partial charge in [-0.3, -0.25) is 9.78 Å². The summed E-state index contributed by atoms with van der Waals surface area (Å²) >= 11 is 0. The summed E-state index contributed by atoms with van der Waals surface area (Å²) < 4.78 is 0. The molecule has 3 nitrogen and oxygen atoms in total. The highest BCUT2D eigenvalue weighted by Gasteiger charge is 2.11. The largest absolute Gasteiger partial charge is 0.388 e. The predicted octanol–water partition coefficient (Wildman–Crippen LogP) is 2.61. The predicted molar refractivity (Wildman–Crippen MR) is 75.8 cm³/mol. The van der Waals surface area contributed by atoms with Crippen molar-refractivity contribution in [2.45, 2.75) is 19.3 Å². The van der Waals surface area contributed by atoms with Crippen molar-refractivity contribution in [2.75, 3.05) is 6.54 Å². The van der Waals surface area contributed by atoms with E-state index < -0.39 is 0 Å². The number of para-hydroxylation sites is 1. The topological polar surface area (TPSA) is 42.0 Å². The second kappa shape index (κ2) is 5.22. The van der Waals surface area contributed by atoms with Crippen LogP contribution in [-0.2, 0) is 11.2 Å². The fraction of sp³-hybridized carbons (Fsp3) is 0.250. The Morgan fingerprint density at radius 2 is 2.05 bits per heavy atom. The molecule has 1 aromatic heterocycles. The first-order chi connectivity index (χ1) is 9.33. The van der Waals surface area contributed by atoms with Gasteiger partial charge in [0.1, 0.15) is 0 Å². The second-order valence-electron chi connectivity index (χ2n) is 4.80. The van der Waals surface area contributed by atoms with Crippen LogP contribution in [-0.4, -0.2) is 17.3 Å². The van der Waals surface area contributed by atoms with Crippen molar-refractivity contribution in [1.29, 1.82) is 0 Å². The Balaban J connectivity index is 1.69. The van der Waals surface area contributed by atoms with E-state index in [2.05, 4.69) is 34.6 Å². The summed E-state index contributed by atoms with van der Waals surface area (Å²) in [4.78, 5) is 15.6. The normalized spacial score (nSPS) is 14.7. The lowest BCUT2D eigenvalue weighted by molar-refractivity contribution is -0.114. The Bertz CT molecular complexity index is 641. The van der Waals surface area contributed by atoms with Crippen molar-refractivity contribution in [2.24, 2.45) is 0 Å². The van der Waals surface area contributed by atoms with Crippen molar-refractivity contribution in [3.63, 3.8) is 0 Å². The number of hydrogen-bond acceptors (Lipinski definition) is 3. The van der Waals surface area contributed by atoms with Gasteiger partial charge in [0.15, 0.2) is 5.78 Å². The van der Waals surface area contributed by atoms with E-state index in [1.165, 1.54) is 10.9 Å². The van der Waals surface area contributed by atoms with E-state index in [-0.39, 0.29) is 5.78 Å². The number of allylic oxidation sites excluding steroid dienone is 2. The highest BCUT2D eigenvalue weighted by Crippen LogP contribution is 2.16. The van der Waals surface area contributed by atoms with Gasteiger partial charge in [0, 0.05) is 36.3 Å². The summed E-state index contributed by atoms with van der Waals surface area (Å²) in [6.45, 7) is 0.842. The molecule has 1 N–H and O–H groups in total. The number of benzene rings is 1. The van der Waals surface area contributed by atoms with Crippen LogP contribution < -0.4 is 5.32 Å². The summed E-state index contributed by atoms with van der Waals surface area (Å²) in [5.41, 5.74) is 3.39. The number of ketones is 1. The molecule has 0 unspecified atom stereocenters. The Labute approximate surface area is 112 Å². The standard InChI is InChI=1S/C16H16N2O/c19-15-7-6-14(11-15)17-10-8-13-4-1-3-12-5-2-9-18-16(12)13/h1-5,9,11,17H,6-8,10H2. The van der Waals surface area contributed by atoms with Crippen LogP contribution in [0.5, 0.6) is 0 Å². The van der Waals surface area contributed by atoms with Gasteiger partial charge < -0.3 is 5.32 Å². The van der Waals surface area contributed by atoms with Gasteiger partial charge in [-0.15, -0.1) is 0 Å². The highest BCUT2D eigenvalue weighted by atomic mass is 16.1. The molecule has 0 amide bonds. The molecule has 0 spiro atoms. The van der Waals surface area contributed by atoms with Gasteiger partial charge in [-0.05, 0) is 24.5 Å². The lowest BCUT2D eigenvalue weighted by Gasteiger charge is -2.08. The molecule has 19 heavy (non-hydrogen) atoms. The van der Waals surface area contributed by atoms with Crippen LogP contribution in [0.1, 0.15) is 18.4 Å². The third kappa shape index (κ3) is 2.65. The molecule has 0 saturated heterocycles. The van der Waals surface area contributed by atoms with E-state index in [0.717, 1.165) is 30.6 Å². The van der Waals surface area contributed by atoms with E-state index >= 15 is 0 Å². The molecular formula is C16H16N2O. The van der Waals surface area contributed by atoms with Crippen LogP contribution in [0, 0.1) is 0 Å². The molecule has 0 aliphatic heterocycles. The van der Waals surface area contributed by atoms with Gasteiger partial charge in [0.2, 0.25) is 0 Å². The monoisotopic (exact) mass is 252 g/mol. The number of fused-ring (bicyclic) bond motifs is 1. The number of nitrogens with one attached hydrogen (secondary N) is 1. The first-order valence-corrected chi connectivity index (χ1v) is 6.63. The fourth-order valence-corrected chi connectivity index (χ4v) is 2.46. The molecule has 1 heterocycles. The smallest absolute Gasteiger partial charge is 0.157 e. The number of carbonyl (C=O) groups is 1. The first kappa shape index (κ1) is 11.9. The lowest BCUT2D eigenvalue weighted by atomic mass is 10.1. The minimum absolute atomic E-state index is 0.231. The molecule has 1 aliphatic carbocycles. The minimum atomic E-state index is 0.231. The number of aromatic nitrogens is 1.